The molecule has 1 N–H and O–H groups in total. The lowest BCUT2D eigenvalue weighted by Crippen LogP contribution is -2.47. The van der Waals surface area contributed by atoms with Gasteiger partial charge in [-0.2, -0.15) is 0 Å². The second kappa shape index (κ2) is 8.91. The third kappa shape index (κ3) is 5.69. The number of ether oxygens (including phenoxy) is 1. The first kappa shape index (κ1) is 25.5. The number of alkyl carbamates (subject to hydrolysis) is 1. The third-order valence-corrected chi connectivity index (χ3v) is 6.60. The molecule has 2 heterocycles. The van der Waals surface area contributed by atoms with Crippen molar-refractivity contribution in [1.82, 2.24) is 10.2 Å². The van der Waals surface area contributed by atoms with Crippen LogP contribution in [0.15, 0.2) is 12.1 Å². The Hall–Kier alpha value is -2.13. The standard InChI is InChI=1S/C24H36BFN2O5/c1-15-13-17(19(26)14-18(15)25-32-23(5,6)24(7,8)33-25)20(29)28-11-9-16(10-12-28)27-21(30)31-22(2,3)4/h13-14,16H,9-12H2,1-8H3,(H,27,30). The van der Waals surface area contributed by atoms with Crippen molar-refractivity contribution in [2.24, 2.45) is 0 Å². The smallest absolute Gasteiger partial charge is 0.444 e. The van der Waals surface area contributed by atoms with Crippen LogP contribution >= 0.6 is 0 Å². The molecule has 0 radical (unpaired) electrons. The highest BCUT2D eigenvalue weighted by atomic mass is 19.1. The molecule has 1 aromatic carbocycles. The number of nitrogens with zero attached hydrogens (tertiary/aromatic N) is 1. The molecule has 2 aliphatic heterocycles. The van der Waals surface area contributed by atoms with Crippen molar-refractivity contribution in [3.05, 3.63) is 29.1 Å². The molecular weight excluding hydrogens is 426 g/mol. The van der Waals surface area contributed by atoms with Crippen LogP contribution in [-0.4, -0.2) is 60.0 Å². The summed E-state index contributed by atoms with van der Waals surface area (Å²) in [5, 5.41) is 2.85. The van der Waals surface area contributed by atoms with E-state index in [9.17, 15) is 9.59 Å². The second-order valence-electron chi connectivity index (χ2n) is 11.0. The Kier molecular flexibility index (Phi) is 6.88. The second-order valence-corrected chi connectivity index (χ2v) is 11.0. The number of hydrogen-bond donors (Lipinski definition) is 1. The van der Waals surface area contributed by atoms with Gasteiger partial charge in [0.05, 0.1) is 16.8 Å². The van der Waals surface area contributed by atoms with Crippen LogP contribution in [0.1, 0.15) is 77.2 Å². The van der Waals surface area contributed by atoms with Crippen molar-refractivity contribution in [2.45, 2.75) is 91.1 Å². The zero-order valence-corrected chi connectivity index (χ0v) is 21.0. The molecule has 182 valence electrons. The van der Waals surface area contributed by atoms with Crippen molar-refractivity contribution in [1.29, 1.82) is 0 Å². The fraction of sp³-hybridized carbons (Fsp3) is 0.667. The van der Waals surface area contributed by atoms with Crippen LogP contribution in [-0.2, 0) is 14.0 Å². The van der Waals surface area contributed by atoms with Crippen LogP contribution in [0, 0.1) is 12.7 Å². The summed E-state index contributed by atoms with van der Waals surface area (Å²) in [5.74, 6) is -0.948. The number of halogens is 1. The van der Waals surface area contributed by atoms with Gasteiger partial charge in [0.2, 0.25) is 0 Å². The van der Waals surface area contributed by atoms with E-state index in [0.29, 0.717) is 31.4 Å². The first-order valence-corrected chi connectivity index (χ1v) is 11.5. The van der Waals surface area contributed by atoms with Gasteiger partial charge in [-0.1, -0.05) is 5.56 Å². The Morgan fingerprint density at radius 1 is 1.12 bits per heavy atom. The van der Waals surface area contributed by atoms with Gasteiger partial charge >= 0.3 is 13.2 Å². The van der Waals surface area contributed by atoms with Crippen molar-refractivity contribution < 1.29 is 28.0 Å². The van der Waals surface area contributed by atoms with Crippen LogP contribution in [0.2, 0.25) is 0 Å². The van der Waals surface area contributed by atoms with E-state index in [0.717, 1.165) is 5.56 Å². The maximum Gasteiger partial charge on any atom is 0.495 e. The van der Waals surface area contributed by atoms with E-state index >= 15 is 4.39 Å². The Balaban J connectivity index is 1.65. The van der Waals surface area contributed by atoms with E-state index < -0.39 is 35.8 Å². The minimum Gasteiger partial charge on any atom is -0.444 e. The summed E-state index contributed by atoms with van der Waals surface area (Å²) in [6, 6.07) is 2.84. The molecule has 0 unspecified atom stereocenters. The number of carbonyl (C=O) groups is 2. The van der Waals surface area contributed by atoms with E-state index in [1.165, 1.54) is 6.07 Å². The number of rotatable bonds is 3. The van der Waals surface area contributed by atoms with Crippen LogP contribution in [0.4, 0.5) is 9.18 Å². The van der Waals surface area contributed by atoms with Crippen LogP contribution in [0.5, 0.6) is 0 Å². The molecule has 3 rings (SSSR count). The summed E-state index contributed by atoms with van der Waals surface area (Å²) in [6.07, 6.45) is 0.696. The number of benzene rings is 1. The minimum absolute atomic E-state index is 0.0336. The highest BCUT2D eigenvalue weighted by Crippen LogP contribution is 2.36. The Morgan fingerprint density at radius 3 is 2.18 bits per heavy atom. The normalized spacial score (nSPS) is 20.6. The number of nitrogens with one attached hydrogen (secondary N) is 1. The van der Waals surface area contributed by atoms with E-state index in [1.54, 1.807) is 11.0 Å². The molecule has 0 spiro atoms. The average molecular weight is 462 g/mol. The summed E-state index contributed by atoms with van der Waals surface area (Å²) in [6.45, 7) is 15.9. The predicted molar refractivity (Wildman–Crippen MR) is 125 cm³/mol. The minimum atomic E-state index is -0.691. The fourth-order valence-corrected chi connectivity index (χ4v) is 3.96. The monoisotopic (exact) mass is 462 g/mol. The first-order valence-electron chi connectivity index (χ1n) is 11.5. The molecule has 0 saturated carbocycles. The lowest BCUT2D eigenvalue weighted by molar-refractivity contribution is 0.00578. The molecule has 2 fully saturated rings. The highest BCUT2D eigenvalue weighted by molar-refractivity contribution is 6.62. The molecule has 2 amide bonds. The van der Waals surface area contributed by atoms with Gasteiger partial charge in [-0.3, -0.25) is 4.79 Å². The first-order chi connectivity index (χ1) is 15.1. The maximum absolute atomic E-state index is 15.0. The largest absolute Gasteiger partial charge is 0.495 e. The summed E-state index contributed by atoms with van der Waals surface area (Å²) >= 11 is 0. The molecule has 0 atom stereocenters. The number of amides is 2. The number of piperidine rings is 1. The summed E-state index contributed by atoms with van der Waals surface area (Å²) in [7, 11) is -0.691. The van der Waals surface area contributed by atoms with Crippen molar-refractivity contribution >= 4 is 24.6 Å². The lowest BCUT2D eigenvalue weighted by atomic mass is 9.75. The van der Waals surface area contributed by atoms with Crippen LogP contribution < -0.4 is 10.8 Å². The quantitative estimate of drug-likeness (QED) is 0.696. The van der Waals surface area contributed by atoms with Crippen LogP contribution in [0.25, 0.3) is 0 Å². The van der Waals surface area contributed by atoms with Crippen LogP contribution in [0.3, 0.4) is 0 Å². The van der Waals surface area contributed by atoms with Gasteiger partial charge in [0.15, 0.2) is 0 Å². The molecule has 2 aliphatic rings. The van der Waals surface area contributed by atoms with Gasteiger partial charge in [0.1, 0.15) is 11.4 Å². The SMILES string of the molecule is Cc1cc(C(=O)N2CCC(NC(=O)OC(C)(C)C)CC2)c(F)cc1B1OC(C)(C)C(C)(C)O1. The molecule has 0 aromatic heterocycles. The predicted octanol–water partition coefficient (Wildman–Crippen LogP) is 3.56. The fourth-order valence-electron chi connectivity index (χ4n) is 3.96. The zero-order chi connectivity index (χ0) is 24.8. The average Bonchev–Trinajstić information content (AvgIpc) is 2.89. The summed E-state index contributed by atoms with van der Waals surface area (Å²) < 4.78 is 32.4. The maximum atomic E-state index is 15.0. The number of carbonyl (C=O) groups excluding carboxylic acids is 2. The molecule has 7 nitrogen and oxygen atoms in total. The number of hydrogen-bond acceptors (Lipinski definition) is 5. The van der Waals surface area contributed by atoms with Crippen molar-refractivity contribution in [3.8, 4) is 0 Å². The van der Waals surface area contributed by atoms with Crippen molar-refractivity contribution in [3.63, 3.8) is 0 Å². The van der Waals surface area contributed by atoms with Gasteiger partial charge in [-0.15, -0.1) is 0 Å². The molecule has 33 heavy (non-hydrogen) atoms. The Bertz CT molecular complexity index is 904. The molecule has 9 heteroatoms. The van der Waals surface area contributed by atoms with E-state index in [-0.39, 0.29) is 17.5 Å². The highest BCUT2D eigenvalue weighted by Gasteiger charge is 2.52. The molecule has 0 aliphatic carbocycles. The number of likely N-dealkylation sites (tertiary alicyclic amines) is 1. The van der Waals surface area contributed by atoms with Gasteiger partial charge in [-0.25, -0.2) is 9.18 Å². The van der Waals surface area contributed by atoms with E-state index in [4.69, 9.17) is 14.0 Å². The summed E-state index contributed by atoms with van der Waals surface area (Å²) in [5.41, 5.74) is -0.281. The molecule has 2 saturated heterocycles. The lowest BCUT2D eigenvalue weighted by Gasteiger charge is -2.33. The summed E-state index contributed by atoms with van der Waals surface area (Å²) in [4.78, 5) is 26.6. The molecule has 0 bridgehead atoms. The Morgan fingerprint density at radius 2 is 1.67 bits per heavy atom. The van der Waals surface area contributed by atoms with Gasteiger partial charge in [0.25, 0.3) is 5.91 Å². The van der Waals surface area contributed by atoms with Crippen molar-refractivity contribution in [2.75, 3.05) is 13.1 Å². The zero-order valence-electron chi connectivity index (χ0n) is 21.0. The Labute approximate surface area is 196 Å². The van der Waals surface area contributed by atoms with Gasteiger partial charge in [-0.05, 0) is 85.8 Å². The third-order valence-electron chi connectivity index (χ3n) is 6.60. The number of aryl methyl sites for hydroxylation is 1. The van der Waals surface area contributed by atoms with E-state index in [1.807, 2.05) is 55.4 Å². The van der Waals surface area contributed by atoms with E-state index in [2.05, 4.69) is 5.32 Å². The molecule has 1 aromatic rings. The van der Waals surface area contributed by atoms with Gasteiger partial charge in [0, 0.05) is 19.1 Å². The molecular formula is C24H36BFN2O5. The van der Waals surface area contributed by atoms with Gasteiger partial charge < -0.3 is 24.3 Å². The topological polar surface area (TPSA) is 77.1 Å².